The topological polar surface area (TPSA) is 36.4 Å². The van der Waals surface area contributed by atoms with Crippen LogP contribution in [0.5, 0.6) is 5.75 Å². The fraction of sp³-hybridized carbons (Fsp3) is 0.250. The van der Waals surface area contributed by atoms with E-state index >= 15 is 0 Å². The molecule has 1 N–H and O–H groups in total. The second kappa shape index (κ2) is 5.58. The van der Waals surface area contributed by atoms with Crippen LogP contribution >= 0.6 is 0 Å². The van der Waals surface area contributed by atoms with Crippen LogP contribution in [-0.4, -0.2) is 23.2 Å². The molecule has 1 fully saturated rings. The zero-order valence-corrected chi connectivity index (χ0v) is 13.2. The number of phenols is 1. The molecule has 3 nitrogen and oxygen atoms in total. The van der Waals surface area contributed by atoms with Gasteiger partial charge in [-0.1, -0.05) is 30.3 Å². The maximum absolute atomic E-state index is 9.85. The van der Waals surface area contributed by atoms with Crippen LogP contribution in [0.4, 0.5) is 5.69 Å². The molecule has 2 aromatic carbocycles. The third-order valence-electron chi connectivity index (χ3n) is 4.70. The predicted octanol–water partition coefficient (Wildman–Crippen LogP) is 4.24. The van der Waals surface area contributed by atoms with Crippen LogP contribution in [-0.2, 0) is 0 Å². The lowest BCUT2D eigenvalue weighted by molar-refractivity contribution is 0.476. The summed E-state index contributed by atoms with van der Waals surface area (Å²) in [5.41, 5.74) is 4.55. The molecular formula is C20H20N2O. The Bertz CT molecular complexity index is 845. The summed E-state index contributed by atoms with van der Waals surface area (Å²) in [6.07, 6.45) is 1.16. The van der Waals surface area contributed by atoms with Gasteiger partial charge in [-0.2, -0.15) is 0 Å². The SMILES string of the molecule is Cc1cc(N2CCC(c3ccccc3)C2)c2cc(O)ccc2n1. The van der Waals surface area contributed by atoms with E-state index in [1.165, 1.54) is 11.3 Å². The van der Waals surface area contributed by atoms with Crippen LogP contribution in [0.3, 0.4) is 0 Å². The zero-order chi connectivity index (χ0) is 15.8. The quantitative estimate of drug-likeness (QED) is 0.769. The molecule has 1 saturated heterocycles. The summed E-state index contributed by atoms with van der Waals surface area (Å²) in [6, 6.07) is 18.3. The zero-order valence-electron chi connectivity index (χ0n) is 13.2. The van der Waals surface area contributed by atoms with Crippen LogP contribution < -0.4 is 4.90 Å². The molecule has 1 aliphatic heterocycles. The van der Waals surface area contributed by atoms with Crippen LogP contribution in [0, 0.1) is 6.92 Å². The minimum absolute atomic E-state index is 0.295. The fourth-order valence-corrected chi connectivity index (χ4v) is 3.56. The lowest BCUT2D eigenvalue weighted by atomic mass is 9.99. The van der Waals surface area contributed by atoms with E-state index in [-0.39, 0.29) is 0 Å². The van der Waals surface area contributed by atoms with E-state index in [0.717, 1.165) is 36.1 Å². The average Bonchev–Trinajstić information content (AvgIpc) is 3.05. The molecule has 3 heteroatoms. The Morgan fingerprint density at radius 2 is 1.91 bits per heavy atom. The molecular weight excluding hydrogens is 284 g/mol. The number of rotatable bonds is 2. The van der Waals surface area contributed by atoms with Crippen LogP contribution in [0.15, 0.2) is 54.6 Å². The molecule has 0 spiro atoms. The van der Waals surface area contributed by atoms with Crippen molar-refractivity contribution < 1.29 is 5.11 Å². The summed E-state index contributed by atoms with van der Waals surface area (Å²) in [4.78, 5) is 7.01. The number of aromatic hydroxyl groups is 1. The molecule has 1 atom stereocenters. The number of aryl methyl sites for hydroxylation is 1. The van der Waals surface area contributed by atoms with Crippen molar-refractivity contribution in [3.63, 3.8) is 0 Å². The van der Waals surface area contributed by atoms with Crippen molar-refractivity contribution in [3.8, 4) is 5.75 Å². The molecule has 23 heavy (non-hydrogen) atoms. The Morgan fingerprint density at radius 3 is 2.74 bits per heavy atom. The molecule has 1 unspecified atom stereocenters. The number of anilines is 1. The van der Waals surface area contributed by atoms with Gasteiger partial charge in [0.1, 0.15) is 5.75 Å². The van der Waals surface area contributed by atoms with E-state index in [9.17, 15) is 5.11 Å². The minimum atomic E-state index is 0.295. The summed E-state index contributed by atoms with van der Waals surface area (Å²) in [7, 11) is 0. The van der Waals surface area contributed by atoms with Crippen molar-refractivity contribution in [1.29, 1.82) is 0 Å². The molecule has 1 aromatic heterocycles. The number of hydrogen-bond acceptors (Lipinski definition) is 3. The maximum Gasteiger partial charge on any atom is 0.116 e. The highest BCUT2D eigenvalue weighted by Crippen LogP contribution is 2.35. The Balaban J connectivity index is 1.71. The molecule has 0 bridgehead atoms. The first-order valence-corrected chi connectivity index (χ1v) is 8.11. The highest BCUT2D eigenvalue weighted by Gasteiger charge is 2.25. The van der Waals surface area contributed by atoms with Gasteiger partial charge in [0.2, 0.25) is 0 Å². The van der Waals surface area contributed by atoms with E-state index in [0.29, 0.717) is 11.7 Å². The van der Waals surface area contributed by atoms with E-state index < -0.39 is 0 Å². The summed E-state index contributed by atoms with van der Waals surface area (Å²) >= 11 is 0. The first kappa shape index (κ1) is 14.1. The summed E-state index contributed by atoms with van der Waals surface area (Å²) in [5, 5.41) is 10.9. The normalized spacial score (nSPS) is 17.8. The number of nitrogens with zero attached hydrogens (tertiary/aromatic N) is 2. The first-order valence-electron chi connectivity index (χ1n) is 8.11. The summed E-state index contributed by atoms with van der Waals surface area (Å²) in [5.74, 6) is 0.861. The van der Waals surface area contributed by atoms with Crippen LogP contribution in [0.1, 0.15) is 23.6 Å². The number of benzene rings is 2. The van der Waals surface area contributed by atoms with Crippen molar-refractivity contribution in [3.05, 3.63) is 65.9 Å². The Hall–Kier alpha value is -2.55. The molecule has 1 aliphatic rings. The lowest BCUT2D eigenvalue weighted by Crippen LogP contribution is -2.19. The Labute approximate surface area is 136 Å². The average molecular weight is 304 g/mol. The Morgan fingerprint density at radius 1 is 1.09 bits per heavy atom. The number of pyridine rings is 1. The van der Waals surface area contributed by atoms with Gasteiger partial charge in [0.25, 0.3) is 0 Å². The van der Waals surface area contributed by atoms with E-state index in [4.69, 9.17) is 0 Å². The third-order valence-corrected chi connectivity index (χ3v) is 4.70. The summed E-state index contributed by atoms with van der Waals surface area (Å²) in [6.45, 7) is 4.08. The number of phenolic OH excluding ortho intramolecular Hbond substituents is 1. The van der Waals surface area contributed by atoms with Crippen LogP contribution in [0.2, 0.25) is 0 Å². The summed E-state index contributed by atoms with van der Waals surface area (Å²) < 4.78 is 0. The van der Waals surface area contributed by atoms with Crippen molar-refractivity contribution in [2.24, 2.45) is 0 Å². The second-order valence-electron chi connectivity index (χ2n) is 6.33. The van der Waals surface area contributed by atoms with Crippen LogP contribution in [0.25, 0.3) is 10.9 Å². The van der Waals surface area contributed by atoms with Gasteiger partial charge in [0, 0.05) is 35.8 Å². The molecule has 0 saturated carbocycles. The van der Waals surface area contributed by atoms with Gasteiger partial charge in [0.15, 0.2) is 0 Å². The van der Waals surface area contributed by atoms with Crippen molar-refractivity contribution in [2.45, 2.75) is 19.3 Å². The van der Waals surface area contributed by atoms with Gasteiger partial charge in [-0.25, -0.2) is 0 Å². The molecule has 0 aliphatic carbocycles. The second-order valence-corrected chi connectivity index (χ2v) is 6.33. The van der Waals surface area contributed by atoms with E-state index in [1.807, 2.05) is 19.1 Å². The van der Waals surface area contributed by atoms with E-state index in [2.05, 4.69) is 46.3 Å². The molecule has 4 rings (SSSR count). The molecule has 2 heterocycles. The van der Waals surface area contributed by atoms with Gasteiger partial charge < -0.3 is 10.0 Å². The van der Waals surface area contributed by atoms with Gasteiger partial charge in [-0.05, 0) is 43.2 Å². The predicted molar refractivity (Wildman–Crippen MR) is 94.2 cm³/mol. The lowest BCUT2D eigenvalue weighted by Gasteiger charge is -2.21. The minimum Gasteiger partial charge on any atom is -0.508 e. The number of hydrogen-bond donors (Lipinski definition) is 1. The number of aromatic nitrogens is 1. The highest BCUT2D eigenvalue weighted by molar-refractivity contribution is 5.93. The molecule has 0 amide bonds. The maximum atomic E-state index is 9.85. The largest absolute Gasteiger partial charge is 0.508 e. The first-order chi connectivity index (χ1) is 11.2. The Kier molecular flexibility index (Phi) is 3.41. The smallest absolute Gasteiger partial charge is 0.116 e. The third kappa shape index (κ3) is 2.63. The monoisotopic (exact) mass is 304 g/mol. The van der Waals surface area contributed by atoms with Gasteiger partial charge in [0.05, 0.1) is 5.52 Å². The molecule has 3 aromatic rings. The molecule has 0 radical (unpaired) electrons. The van der Waals surface area contributed by atoms with Crippen molar-refractivity contribution in [1.82, 2.24) is 4.98 Å². The van der Waals surface area contributed by atoms with Gasteiger partial charge >= 0.3 is 0 Å². The van der Waals surface area contributed by atoms with Crippen molar-refractivity contribution >= 4 is 16.6 Å². The standard InChI is InChI=1S/C20H20N2O/c1-14-11-20(18-12-17(23)7-8-19(18)21-14)22-10-9-16(13-22)15-5-3-2-4-6-15/h2-8,11-12,16,23H,9-10,13H2,1H3. The van der Waals surface area contributed by atoms with Crippen molar-refractivity contribution in [2.75, 3.05) is 18.0 Å². The number of fused-ring (bicyclic) bond motifs is 1. The van der Waals surface area contributed by atoms with E-state index in [1.54, 1.807) is 6.07 Å². The van der Waals surface area contributed by atoms with Gasteiger partial charge in [-0.3, -0.25) is 4.98 Å². The molecule has 116 valence electrons. The highest BCUT2D eigenvalue weighted by atomic mass is 16.3. The fourth-order valence-electron chi connectivity index (χ4n) is 3.56. The van der Waals surface area contributed by atoms with Gasteiger partial charge in [-0.15, -0.1) is 0 Å².